The SMILES string of the molecule is CCN1CCC[C@H]1CNC(=O)c1cccc(-c2cccc(NC3C[C@@H](COC(C)=O)[C@@H]([C@H](C)O)[C@H]3C(=O)NC[C@H]3C[C@H]4C[C@@H]([C@@H]3C)C4(C)C)c2OCC2CC2)c1. The Labute approximate surface area is 334 Å². The summed E-state index contributed by atoms with van der Waals surface area (Å²) in [5.74, 6) is 1.82. The van der Waals surface area contributed by atoms with Crippen LogP contribution >= 0.6 is 0 Å². The summed E-state index contributed by atoms with van der Waals surface area (Å²) in [5, 5.41) is 21.5. The number of hydrogen-bond acceptors (Lipinski definition) is 8. The maximum absolute atomic E-state index is 14.4. The van der Waals surface area contributed by atoms with Gasteiger partial charge in [0.05, 0.1) is 30.9 Å². The number of nitrogens with zero attached hydrogens (tertiary/aromatic N) is 1. The number of nitrogens with one attached hydrogen (secondary N) is 3. The number of anilines is 1. The van der Waals surface area contributed by atoms with Crippen molar-refractivity contribution in [2.75, 3.05) is 44.7 Å². The highest BCUT2D eigenvalue weighted by atomic mass is 16.5. The molecule has 5 aliphatic carbocycles. The molecule has 56 heavy (non-hydrogen) atoms. The number of carbonyl (C=O) groups excluding carboxylic acids is 3. The van der Waals surface area contributed by atoms with Crippen LogP contribution in [0.25, 0.3) is 11.1 Å². The Bertz CT molecular complexity index is 1720. The van der Waals surface area contributed by atoms with Gasteiger partial charge in [-0.3, -0.25) is 19.3 Å². The van der Waals surface area contributed by atoms with Crippen LogP contribution in [0.15, 0.2) is 42.5 Å². The molecule has 1 heterocycles. The Balaban J connectivity index is 1.13. The highest BCUT2D eigenvalue weighted by molar-refractivity contribution is 5.96. The van der Waals surface area contributed by atoms with Gasteiger partial charge >= 0.3 is 5.97 Å². The van der Waals surface area contributed by atoms with Gasteiger partial charge in [0.15, 0.2) is 0 Å². The fourth-order valence-corrected chi connectivity index (χ4v) is 11.1. The van der Waals surface area contributed by atoms with Crippen molar-refractivity contribution in [1.29, 1.82) is 0 Å². The maximum atomic E-state index is 14.4. The molecule has 2 bridgehead atoms. The van der Waals surface area contributed by atoms with E-state index in [9.17, 15) is 19.5 Å². The predicted octanol–water partition coefficient (Wildman–Crippen LogP) is 6.77. The third-order valence-corrected chi connectivity index (χ3v) is 14.7. The van der Waals surface area contributed by atoms with Crippen molar-refractivity contribution in [3.8, 4) is 16.9 Å². The Morgan fingerprint density at radius 3 is 2.46 bits per heavy atom. The summed E-state index contributed by atoms with van der Waals surface area (Å²) < 4.78 is 12.2. The largest absolute Gasteiger partial charge is 0.490 e. The number of rotatable bonds is 16. The fourth-order valence-electron chi connectivity index (χ4n) is 11.1. The van der Waals surface area contributed by atoms with Crippen molar-refractivity contribution in [3.05, 3.63) is 48.0 Å². The average Bonchev–Trinajstić information content (AvgIpc) is 3.77. The second-order valence-electron chi connectivity index (χ2n) is 18.5. The van der Waals surface area contributed by atoms with Crippen LogP contribution in [0.3, 0.4) is 0 Å². The van der Waals surface area contributed by atoms with E-state index in [-0.39, 0.29) is 36.4 Å². The van der Waals surface area contributed by atoms with Crippen LogP contribution < -0.4 is 20.7 Å². The van der Waals surface area contributed by atoms with Crippen LogP contribution in [-0.2, 0) is 14.3 Å². The van der Waals surface area contributed by atoms with E-state index >= 15 is 0 Å². The molecule has 4 N–H and O–H groups in total. The van der Waals surface area contributed by atoms with Gasteiger partial charge in [-0.1, -0.05) is 52.0 Å². The van der Waals surface area contributed by atoms with E-state index in [1.807, 2.05) is 42.5 Å². The van der Waals surface area contributed by atoms with Crippen molar-refractivity contribution in [2.24, 2.45) is 52.8 Å². The van der Waals surface area contributed by atoms with Gasteiger partial charge in [0.1, 0.15) is 5.75 Å². The Morgan fingerprint density at radius 2 is 1.77 bits per heavy atom. The lowest BCUT2D eigenvalue weighted by molar-refractivity contribution is -0.143. The Hall–Kier alpha value is -3.63. The zero-order chi connectivity index (χ0) is 39.7. The van der Waals surface area contributed by atoms with Crippen molar-refractivity contribution in [3.63, 3.8) is 0 Å². The molecule has 306 valence electrons. The number of likely N-dealkylation sites (tertiary alicyclic amines) is 1. The van der Waals surface area contributed by atoms with Crippen LogP contribution in [0.4, 0.5) is 5.69 Å². The fraction of sp³-hybridized carbons (Fsp3) is 0.674. The number of hydrogen-bond donors (Lipinski definition) is 4. The second kappa shape index (κ2) is 17.1. The number of para-hydroxylation sites is 1. The normalized spacial score (nSPS) is 31.2. The number of fused-ring (bicyclic) bond motifs is 2. The number of carbonyl (C=O) groups is 3. The molecule has 10 heteroatoms. The monoisotopic (exact) mass is 770 g/mol. The van der Waals surface area contributed by atoms with Gasteiger partial charge in [0.2, 0.25) is 5.91 Å². The van der Waals surface area contributed by atoms with Crippen LogP contribution in [0, 0.1) is 52.8 Å². The minimum absolute atomic E-state index is 0.0700. The van der Waals surface area contributed by atoms with Gasteiger partial charge in [-0.2, -0.15) is 0 Å². The summed E-state index contributed by atoms with van der Waals surface area (Å²) in [6, 6.07) is 13.8. The molecule has 6 fully saturated rings. The third-order valence-electron chi connectivity index (χ3n) is 14.7. The first-order valence-corrected chi connectivity index (χ1v) is 21.6. The number of aliphatic hydroxyl groups excluding tert-OH is 1. The lowest BCUT2D eigenvalue weighted by Gasteiger charge is -2.62. The highest BCUT2D eigenvalue weighted by Crippen LogP contribution is 2.62. The standard InChI is InChI=1S/C46H66N4O6/c1-7-50-18-10-13-36(50)24-48-44(53)32-12-8-11-31(19-32)37-14-9-15-39(43(37)56-25-30-16-17-30)49-40-21-34(26-55-29(4)52)41(28(3)51)42(40)45(54)47-23-33-20-35-22-38(27(33)2)46(35,5)6/h8-9,11-12,14-15,19,27-28,30,33-36,38,40-42,49,51H,7,10,13,16-18,20-26H2,1-6H3,(H,47,54)(H,48,53)/t27-,28+,33-,34+,35+,36+,38+,40?,41-,42+/m1/s1. The molecule has 0 aromatic heterocycles. The number of aliphatic hydroxyl groups is 1. The summed E-state index contributed by atoms with van der Waals surface area (Å²) in [7, 11) is 0. The molecular weight excluding hydrogens is 705 g/mol. The van der Waals surface area contributed by atoms with E-state index in [1.54, 1.807) is 6.92 Å². The van der Waals surface area contributed by atoms with Gasteiger partial charge in [-0.25, -0.2) is 0 Å². The minimum atomic E-state index is -0.787. The van der Waals surface area contributed by atoms with Gasteiger partial charge in [0.25, 0.3) is 5.91 Å². The van der Waals surface area contributed by atoms with Crippen molar-refractivity contribution in [1.82, 2.24) is 15.5 Å². The van der Waals surface area contributed by atoms with Crippen molar-refractivity contribution >= 4 is 23.5 Å². The smallest absolute Gasteiger partial charge is 0.302 e. The molecule has 2 amide bonds. The van der Waals surface area contributed by atoms with Crippen molar-refractivity contribution < 1.29 is 29.0 Å². The first-order chi connectivity index (χ1) is 26.8. The molecule has 5 saturated carbocycles. The van der Waals surface area contributed by atoms with Crippen LogP contribution in [0.2, 0.25) is 0 Å². The average molecular weight is 771 g/mol. The van der Waals surface area contributed by atoms with E-state index in [1.165, 1.54) is 13.3 Å². The molecular formula is C46H66N4O6. The van der Waals surface area contributed by atoms with E-state index in [0.29, 0.717) is 78.5 Å². The molecule has 2 aromatic rings. The molecule has 2 aromatic carbocycles. The van der Waals surface area contributed by atoms with E-state index in [4.69, 9.17) is 9.47 Å². The van der Waals surface area contributed by atoms with Gasteiger partial charge in [-0.05, 0) is 124 Å². The van der Waals surface area contributed by atoms with E-state index in [0.717, 1.165) is 62.0 Å². The Kier molecular flexibility index (Phi) is 12.4. The molecule has 1 unspecified atom stereocenters. The zero-order valence-electron chi connectivity index (χ0n) is 34.5. The first kappa shape index (κ1) is 40.6. The van der Waals surface area contributed by atoms with Crippen LogP contribution in [-0.4, -0.2) is 85.4 Å². The van der Waals surface area contributed by atoms with Gasteiger partial charge in [-0.15, -0.1) is 0 Å². The highest BCUT2D eigenvalue weighted by Gasteiger charge is 2.56. The molecule has 10 nitrogen and oxygen atoms in total. The summed E-state index contributed by atoms with van der Waals surface area (Å²) in [4.78, 5) is 42.3. The van der Waals surface area contributed by atoms with Crippen LogP contribution in [0.1, 0.15) is 96.8 Å². The summed E-state index contributed by atoms with van der Waals surface area (Å²) in [6.45, 7) is 16.5. The number of ether oxygens (including phenoxy) is 2. The lowest BCUT2D eigenvalue weighted by Crippen LogP contribution is -2.57. The molecule has 1 saturated heterocycles. The summed E-state index contributed by atoms with van der Waals surface area (Å²) in [5.41, 5.74) is 3.48. The molecule has 8 rings (SSSR count). The lowest BCUT2D eigenvalue weighted by atomic mass is 9.43. The molecule has 0 spiro atoms. The maximum Gasteiger partial charge on any atom is 0.302 e. The predicted molar refractivity (Wildman–Crippen MR) is 219 cm³/mol. The minimum Gasteiger partial charge on any atom is -0.490 e. The third kappa shape index (κ3) is 8.62. The molecule has 6 aliphatic rings. The quantitative estimate of drug-likeness (QED) is 0.138. The number of amides is 2. The number of benzene rings is 2. The second-order valence-corrected chi connectivity index (χ2v) is 18.5. The van der Waals surface area contributed by atoms with Crippen LogP contribution in [0.5, 0.6) is 5.75 Å². The van der Waals surface area contributed by atoms with Crippen molar-refractivity contribution in [2.45, 2.75) is 105 Å². The summed E-state index contributed by atoms with van der Waals surface area (Å²) in [6.07, 6.45) is 6.69. The molecule has 0 radical (unpaired) electrons. The van der Waals surface area contributed by atoms with Gasteiger partial charge in [0, 0.05) is 55.1 Å². The zero-order valence-corrected chi connectivity index (χ0v) is 34.5. The Morgan fingerprint density at radius 1 is 0.982 bits per heavy atom. The topological polar surface area (TPSA) is 129 Å². The molecule has 1 aliphatic heterocycles. The summed E-state index contributed by atoms with van der Waals surface area (Å²) >= 11 is 0. The molecule has 10 atom stereocenters. The van der Waals surface area contributed by atoms with E-state index in [2.05, 4.69) is 48.5 Å². The number of likely N-dealkylation sites (N-methyl/N-ethyl adjacent to an activating group) is 1. The number of esters is 1. The van der Waals surface area contributed by atoms with E-state index < -0.39 is 17.9 Å². The first-order valence-electron chi connectivity index (χ1n) is 21.6. The van der Waals surface area contributed by atoms with Gasteiger partial charge < -0.3 is 30.5 Å².